The van der Waals surface area contributed by atoms with Gasteiger partial charge in [0, 0.05) is 6.08 Å². The molecule has 1 aliphatic rings. The van der Waals surface area contributed by atoms with E-state index in [-0.39, 0.29) is 12.7 Å². The van der Waals surface area contributed by atoms with Crippen LogP contribution in [0.3, 0.4) is 0 Å². The molecule has 0 radical (unpaired) electrons. The number of aliphatic hydroxyl groups is 2. The van der Waals surface area contributed by atoms with E-state index in [2.05, 4.69) is 13.5 Å². The summed E-state index contributed by atoms with van der Waals surface area (Å²) in [5.74, 6) is -0.981. The number of ether oxygens (including phenoxy) is 2. The van der Waals surface area contributed by atoms with Gasteiger partial charge in [0.2, 0.25) is 0 Å². The van der Waals surface area contributed by atoms with Crippen molar-refractivity contribution in [3.05, 3.63) is 12.7 Å². The zero-order valence-corrected chi connectivity index (χ0v) is 11.2. The lowest BCUT2D eigenvalue weighted by molar-refractivity contribution is -0.131. The van der Waals surface area contributed by atoms with Crippen molar-refractivity contribution >= 4 is 5.97 Å². The molecule has 1 fully saturated rings. The Morgan fingerprint density at radius 2 is 2.00 bits per heavy atom. The number of rotatable bonds is 5. The van der Waals surface area contributed by atoms with E-state index in [0.717, 1.165) is 12.7 Å². The minimum Gasteiger partial charge on any atom is -0.478 e. The second kappa shape index (κ2) is 12.5. The van der Waals surface area contributed by atoms with Crippen LogP contribution < -0.4 is 0 Å². The molecule has 18 heavy (non-hydrogen) atoms. The monoisotopic (exact) mass is 264 g/mol. The summed E-state index contributed by atoms with van der Waals surface area (Å²) in [7, 11) is 0. The Balaban J connectivity index is 0. The molecule has 108 valence electrons. The molecule has 1 saturated heterocycles. The zero-order chi connectivity index (χ0) is 14.6. The third-order valence-corrected chi connectivity index (χ3v) is 1.55. The van der Waals surface area contributed by atoms with Crippen molar-refractivity contribution in [2.75, 3.05) is 19.8 Å². The number of aliphatic hydroxyl groups excluding tert-OH is 2. The Morgan fingerprint density at radius 1 is 1.61 bits per heavy atom. The lowest BCUT2D eigenvalue weighted by atomic mass is 10.4. The van der Waals surface area contributed by atoms with Crippen molar-refractivity contribution in [1.29, 1.82) is 0 Å². The smallest absolute Gasteiger partial charge is 0.327 e. The van der Waals surface area contributed by atoms with E-state index in [1.165, 1.54) is 0 Å². The van der Waals surface area contributed by atoms with Gasteiger partial charge in [-0.05, 0) is 20.8 Å². The fourth-order valence-corrected chi connectivity index (χ4v) is 0.452. The first-order valence-corrected chi connectivity index (χ1v) is 5.70. The molecule has 0 spiro atoms. The van der Waals surface area contributed by atoms with Crippen LogP contribution >= 0.6 is 0 Å². The van der Waals surface area contributed by atoms with Gasteiger partial charge in [-0.1, -0.05) is 6.58 Å². The average molecular weight is 264 g/mol. The topological polar surface area (TPSA) is 99.5 Å². The molecular weight excluding hydrogens is 240 g/mol. The summed E-state index contributed by atoms with van der Waals surface area (Å²) in [6.07, 6.45) is 0.804. The molecule has 0 aromatic carbocycles. The number of carboxylic acid groups (broad SMARTS) is 1. The highest BCUT2D eigenvalue weighted by molar-refractivity contribution is 5.78. The van der Waals surface area contributed by atoms with Gasteiger partial charge in [-0.15, -0.1) is 0 Å². The highest BCUT2D eigenvalue weighted by Gasteiger charge is 2.13. The summed E-state index contributed by atoms with van der Waals surface area (Å²) in [5, 5.41) is 24.7. The molecule has 0 bridgehead atoms. The Bertz CT molecular complexity index is 213. The fourth-order valence-electron chi connectivity index (χ4n) is 0.452. The van der Waals surface area contributed by atoms with E-state index in [0.29, 0.717) is 12.7 Å². The van der Waals surface area contributed by atoms with Gasteiger partial charge >= 0.3 is 5.97 Å². The number of aliphatic carboxylic acids is 1. The Hall–Kier alpha value is -0.950. The van der Waals surface area contributed by atoms with Crippen molar-refractivity contribution in [2.24, 2.45) is 0 Å². The van der Waals surface area contributed by atoms with Gasteiger partial charge in [0.05, 0.1) is 38.1 Å². The molecule has 3 N–H and O–H groups in total. The highest BCUT2D eigenvalue weighted by Crippen LogP contribution is 2.04. The second-order valence-corrected chi connectivity index (χ2v) is 3.86. The van der Waals surface area contributed by atoms with Gasteiger partial charge in [0.25, 0.3) is 0 Å². The van der Waals surface area contributed by atoms with Gasteiger partial charge in [0.1, 0.15) is 0 Å². The predicted octanol–water partition coefficient (Wildman–Crippen LogP) is 0.427. The van der Waals surface area contributed by atoms with Crippen LogP contribution in [0, 0.1) is 0 Å². The molecule has 0 amide bonds. The SMILES string of the molecule is C=CC(=O)O.CC(O)COC(C)CO.CC1CO1. The maximum absolute atomic E-state index is 9.25. The molecule has 6 nitrogen and oxygen atoms in total. The molecule has 3 atom stereocenters. The molecule has 0 aliphatic carbocycles. The van der Waals surface area contributed by atoms with E-state index in [4.69, 9.17) is 24.8 Å². The van der Waals surface area contributed by atoms with Crippen LogP contribution in [0.2, 0.25) is 0 Å². The van der Waals surface area contributed by atoms with Gasteiger partial charge in [-0.3, -0.25) is 0 Å². The van der Waals surface area contributed by atoms with Gasteiger partial charge in [-0.25, -0.2) is 4.79 Å². The molecule has 3 unspecified atom stereocenters. The number of carbonyl (C=O) groups is 1. The normalized spacial score (nSPS) is 19.3. The Kier molecular flexibility index (Phi) is 13.5. The van der Waals surface area contributed by atoms with Gasteiger partial charge in [-0.2, -0.15) is 0 Å². The standard InChI is InChI=1S/C6H14O3.C3H4O2.C3H6O/c1-5(8)4-9-6(2)3-7;1-2-3(4)5;1-3-2-4-3/h5-8H,3-4H2,1-2H3;2H,1H2,(H,4,5);3H,2H2,1H3. The molecule has 6 heteroatoms. The van der Waals surface area contributed by atoms with E-state index in [1.807, 2.05) is 0 Å². The second-order valence-electron chi connectivity index (χ2n) is 3.86. The van der Waals surface area contributed by atoms with E-state index < -0.39 is 12.1 Å². The number of hydrogen-bond acceptors (Lipinski definition) is 5. The lowest BCUT2D eigenvalue weighted by Crippen LogP contribution is -2.19. The minimum absolute atomic E-state index is 0.00667. The summed E-state index contributed by atoms with van der Waals surface area (Å²) < 4.78 is 9.66. The summed E-state index contributed by atoms with van der Waals surface area (Å²) >= 11 is 0. The van der Waals surface area contributed by atoms with Crippen molar-refractivity contribution in [1.82, 2.24) is 0 Å². The van der Waals surface area contributed by atoms with E-state index in [9.17, 15) is 4.79 Å². The van der Waals surface area contributed by atoms with E-state index >= 15 is 0 Å². The third kappa shape index (κ3) is 24.3. The maximum Gasteiger partial charge on any atom is 0.327 e. The molecule has 1 aliphatic heterocycles. The predicted molar refractivity (Wildman–Crippen MR) is 67.4 cm³/mol. The first-order chi connectivity index (χ1) is 8.33. The zero-order valence-electron chi connectivity index (χ0n) is 11.2. The summed E-state index contributed by atoms with van der Waals surface area (Å²) in [6.45, 7) is 9.70. The Labute approximate surface area is 108 Å². The molecule has 0 saturated carbocycles. The highest BCUT2D eigenvalue weighted by atomic mass is 16.6. The molecule has 1 rings (SSSR count). The van der Waals surface area contributed by atoms with Crippen LogP contribution in [0.4, 0.5) is 0 Å². The molecular formula is C12H24O6. The summed E-state index contributed by atoms with van der Waals surface area (Å²) in [4.78, 5) is 9.25. The summed E-state index contributed by atoms with van der Waals surface area (Å²) in [5.41, 5.74) is 0. The quantitative estimate of drug-likeness (QED) is 0.492. The molecule has 0 aromatic rings. The van der Waals surface area contributed by atoms with Crippen molar-refractivity contribution in [3.63, 3.8) is 0 Å². The van der Waals surface area contributed by atoms with Gasteiger partial charge in [0.15, 0.2) is 0 Å². The lowest BCUT2D eigenvalue weighted by Gasteiger charge is -2.10. The first-order valence-electron chi connectivity index (χ1n) is 5.70. The van der Waals surface area contributed by atoms with Crippen molar-refractivity contribution in [2.45, 2.75) is 39.1 Å². The van der Waals surface area contributed by atoms with Crippen LogP contribution in [0.15, 0.2) is 12.7 Å². The third-order valence-electron chi connectivity index (χ3n) is 1.55. The fraction of sp³-hybridized carbons (Fsp3) is 0.750. The van der Waals surface area contributed by atoms with Gasteiger partial charge < -0.3 is 24.8 Å². The van der Waals surface area contributed by atoms with Crippen molar-refractivity contribution in [3.8, 4) is 0 Å². The number of hydrogen-bond donors (Lipinski definition) is 3. The first kappa shape index (κ1) is 19.4. The van der Waals surface area contributed by atoms with E-state index in [1.54, 1.807) is 13.8 Å². The maximum atomic E-state index is 9.25. The molecule has 1 heterocycles. The van der Waals surface area contributed by atoms with Crippen LogP contribution in [-0.4, -0.2) is 59.4 Å². The Morgan fingerprint density at radius 3 is 2.17 bits per heavy atom. The van der Waals surface area contributed by atoms with Crippen molar-refractivity contribution < 1.29 is 29.6 Å². The number of carboxylic acids is 1. The van der Waals surface area contributed by atoms with Crippen LogP contribution in [0.1, 0.15) is 20.8 Å². The van der Waals surface area contributed by atoms with Crippen LogP contribution in [0.25, 0.3) is 0 Å². The minimum atomic E-state index is -0.981. The molecule has 0 aromatic heterocycles. The average Bonchev–Trinajstić information content (AvgIpc) is 3.10. The number of epoxide rings is 1. The summed E-state index contributed by atoms with van der Waals surface area (Å²) in [6, 6.07) is 0. The van der Waals surface area contributed by atoms with Crippen LogP contribution in [0.5, 0.6) is 0 Å². The largest absolute Gasteiger partial charge is 0.478 e. The van der Waals surface area contributed by atoms with Crippen LogP contribution in [-0.2, 0) is 14.3 Å².